The van der Waals surface area contributed by atoms with Crippen LogP contribution in [0.25, 0.3) is 10.6 Å². The zero-order valence-electron chi connectivity index (χ0n) is 14.6. The smallest absolute Gasteiger partial charge is 0.231 e. The minimum atomic E-state index is -0.290. The van der Waals surface area contributed by atoms with Gasteiger partial charge in [-0.1, -0.05) is 41.9 Å². The molecule has 0 bridgehead atoms. The molecule has 1 aliphatic heterocycles. The molecule has 0 spiro atoms. The summed E-state index contributed by atoms with van der Waals surface area (Å²) in [7, 11) is 0. The van der Waals surface area contributed by atoms with Gasteiger partial charge in [0.1, 0.15) is 5.82 Å². The molecule has 0 saturated carbocycles. The van der Waals surface area contributed by atoms with E-state index >= 15 is 0 Å². The van der Waals surface area contributed by atoms with Gasteiger partial charge < -0.3 is 9.32 Å². The first-order chi connectivity index (χ1) is 13.0. The van der Waals surface area contributed by atoms with Gasteiger partial charge in [0.05, 0.1) is 29.9 Å². The first kappa shape index (κ1) is 17.5. The molecule has 27 heavy (non-hydrogen) atoms. The summed E-state index contributed by atoms with van der Waals surface area (Å²) in [6.45, 7) is 1.96. The predicted octanol–water partition coefficient (Wildman–Crippen LogP) is 5.17. The summed E-state index contributed by atoms with van der Waals surface area (Å²) in [4.78, 5) is 18.6. The number of amides is 1. The molecule has 1 aromatic heterocycles. The zero-order valence-corrected chi connectivity index (χ0v) is 15.3. The highest BCUT2D eigenvalue weighted by Gasteiger charge is 2.28. The number of carbonyl (C=O) groups is 1. The maximum atomic E-state index is 14.0. The molecule has 0 N–H and O–H groups in total. The Morgan fingerprint density at radius 1 is 1.26 bits per heavy atom. The van der Waals surface area contributed by atoms with Crippen LogP contribution in [0.5, 0.6) is 0 Å². The van der Waals surface area contributed by atoms with Crippen LogP contribution in [0, 0.1) is 12.7 Å². The van der Waals surface area contributed by atoms with Gasteiger partial charge in [-0.05, 0) is 30.2 Å². The maximum absolute atomic E-state index is 14.0. The van der Waals surface area contributed by atoms with Crippen LogP contribution in [0.3, 0.4) is 0 Å². The van der Waals surface area contributed by atoms with Crippen LogP contribution in [0.1, 0.15) is 28.9 Å². The van der Waals surface area contributed by atoms with Crippen LogP contribution < -0.4 is 4.90 Å². The van der Waals surface area contributed by atoms with Gasteiger partial charge in [0.15, 0.2) is 12.2 Å². The van der Waals surface area contributed by atoms with Crippen LogP contribution in [0.15, 0.2) is 59.5 Å². The molecular formula is C21H16ClFN2O2. The van der Waals surface area contributed by atoms with Crippen molar-refractivity contribution in [3.63, 3.8) is 0 Å². The van der Waals surface area contributed by atoms with E-state index in [-0.39, 0.29) is 24.7 Å². The van der Waals surface area contributed by atoms with Crippen LogP contribution in [-0.2, 0) is 11.3 Å². The van der Waals surface area contributed by atoms with Crippen LogP contribution >= 0.6 is 11.6 Å². The molecule has 0 saturated heterocycles. The lowest BCUT2D eigenvalue weighted by Crippen LogP contribution is -2.30. The number of hydrogen-bond donors (Lipinski definition) is 0. The van der Waals surface area contributed by atoms with E-state index < -0.39 is 0 Å². The van der Waals surface area contributed by atoms with Crippen molar-refractivity contribution in [2.45, 2.75) is 19.9 Å². The number of halogens is 2. The number of rotatable bonds is 3. The molecule has 4 nitrogen and oxygen atoms in total. The number of carbonyl (C=O) groups excluding carboxylic acids is 1. The molecule has 0 atom stereocenters. The minimum Gasteiger partial charge on any atom is -0.444 e. The van der Waals surface area contributed by atoms with E-state index in [4.69, 9.17) is 16.0 Å². The van der Waals surface area contributed by atoms with Gasteiger partial charge in [0, 0.05) is 11.1 Å². The number of fused-ring (bicyclic) bond motifs is 1. The van der Waals surface area contributed by atoms with Crippen LogP contribution in [0.4, 0.5) is 10.1 Å². The average molecular weight is 383 g/mol. The SMILES string of the molecule is Cc1ccc(CN2C(=O)CC(c3cnco3)=C(Cl)c3ccccc32)cc1F. The minimum absolute atomic E-state index is 0.0665. The Kier molecular flexibility index (Phi) is 4.54. The van der Waals surface area contributed by atoms with Gasteiger partial charge in [-0.25, -0.2) is 9.37 Å². The lowest BCUT2D eigenvalue weighted by Gasteiger charge is -2.23. The first-order valence-corrected chi connectivity index (χ1v) is 8.84. The van der Waals surface area contributed by atoms with Crippen molar-refractivity contribution >= 4 is 33.8 Å². The number of nitrogens with zero attached hydrogens (tertiary/aromatic N) is 2. The predicted molar refractivity (Wildman–Crippen MR) is 103 cm³/mol. The fraction of sp³-hybridized carbons (Fsp3) is 0.143. The largest absolute Gasteiger partial charge is 0.444 e. The van der Waals surface area contributed by atoms with Crippen molar-refractivity contribution in [2.24, 2.45) is 0 Å². The molecule has 0 unspecified atom stereocenters. The lowest BCUT2D eigenvalue weighted by molar-refractivity contribution is -0.117. The summed E-state index contributed by atoms with van der Waals surface area (Å²) in [6.07, 6.45) is 2.91. The monoisotopic (exact) mass is 382 g/mol. The number of para-hydroxylation sites is 1. The van der Waals surface area contributed by atoms with Gasteiger partial charge in [0.25, 0.3) is 0 Å². The van der Waals surface area contributed by atoms with E-state index in [9.17, 15) is 9.18 Å². The van der Waals surface area contributed by atoms with Gasteiger partial charge >= 0.3 is 0 Å². The molecule has 2 aromatic carbocycles. The Labute approximate surface area is 160 Å². The molecule has 4 rings (SSSR count). The highest BCUT2D eigenvalue weighted by molar-refractivity contribution is 6.53. The number of anilines is 1. The van der Waals surface area contributed by atoms with E-state index in [1.54, 1.807) is 24.1 Å². The van der Waals surface area contributed by atoms with E-state index in [0.29, 0.717) is 33.2 Å². The van der Waals surface area contributed by atoms with Crippen molar-refractivity contribution < 1.29 is 13.6 Å². The molecule has 3 aromatic rings. The van der Waals surface area contributed by atoms with E-state index in [1.807, 2.05) is 30.3 Å². The summed E-state index contributed by atoms with van der Waals surface area (Å²) in [5, 5.41) is 0.452. The van der Waals surface area contributed by atoms with Crippen LogP contribution in [-0.4, -0.2) is 10.9 Å². The lowest BCUT2D eigenvalue weighted by atomic mass is 10.1. The second-order valence-corrected chi connectivity index (χ2v) is 6.79. The number of aromatic nitrogens is 1. The third kappa shape index (κ3) is 3.26. The molecule has 136 valence electrons. The van der Waals surface area contributed by atoms with Crippen molar-refractivity contribution in [1.82, 2.24) is 4.98 Å². The molecular weight excluding hydrogens is 367 g/mol. The number of aryl methyl sites for hydroxylation is 1. The fourth-order valence-electron chi connectivity index (χ4n) is 3.17. The van der Waals surface area contributed by atoms with Crippen molar-refractivity contribution in [3.8, 4) is 0 Å². The summed E-state index contributed by atoms with van der Waals surface area (Å²) in [6, 6.07) is 12.4. The first-order valence-electron chi connectivity index (χ1n) is 8.47. The van der Waals surface area contributed by atoms with Crippen LogP contribution in [0.2, 0.25) is 0 Å². The Hall–Kier alpha value is -2.92. The third-order valence-electron chi connectivity index (χ3n) is 4.63. The summed E-state index contributed by atoms with van der Waals surface area (Å²) in [5.41, 5.74) is 3.27. The van der Waals surface area contributed by atoms with E-state index in [2.05, 4.69) is 4.98 Å². The summed E-state index contributed by atoms with van der Waals surface area (Å²) < 4.78 is 19.3. The van der Waals surface area contributed by atoms with Gasteiger partial charge in [-0.15, -0.1) is 0 Å². The standard InChI is InChI=1S/C21H16ClFN2O2/c1-13-6-7-14(8-17(13)23)11-25-18-5-3-2-4-15(18)21(22)16(9-20(25)26)19-10-24-12-27-19/h2-8,10,12H,9,11H2,1H3. The zero-order chi connectivity index (χ0) is 19.0. The summed E-state index contributed by atoms with van der Waals surface area (Å²) >= 11 is 6.64. The molecule has 1 amide bonds. The quantitative estimate of drug-likeness (QED) is 0.628. The molecule has 1 aliphatic rings. The second kappa shape index (κ2) is 7.00. The Morgan fingerprint density at radius 3 is 2.81 bits per heavy atom. The number of hydrogen-bond acceptors (Lipinski definition) is 3. The Bertz CT molecular complexity index is 1040. The summed E-state index contributed by atoms with van der Waals surface area (Å²) in [5.74, 6) is 0.0263. The fourth-order valence-corrected chi connectivity index (χ4v) is 3.49. The maximum Gasteiger partial charge on any atom is 0.231 e. The Morgan fingerprint density at radius 2 is 2.07 bits per heavy atom. The topological polar surface area (TPSA) is 46.3 Å². The van der Waals surface area contributed by atoms with E-state index in [1.165, 1.54) is 12.5 Å². The normalized spacial score (nSPS) is 14.3. The molecule has 0 aliphatic carbocycles. The van der Waals surface area contributed by atoms with Crippen molar-refractivity contribution in [1.29, 1.82) is 0 Å². The number of benzene rings is 2. The van der Waals surface area contributed by atoms with Crippen molar-refractivity contribution in [2.75, 3.05) is 4.90 Å². The molecule has 0 fully saturated rings. The molecule has 2 heterocycles. The third-order valence-corrected chi connectivity index (χ3v) is 5.06. The molecule has 0 radical (unpaired) electrons. The van der Waals surface area contributed by atoms with Gasteiger partial charge in [-0.2, -0.15) is 0 Å². The highest BCUT2D eigenvalue weighted by Crippen LogP contribution is 2.41. The Balaban J connectivity index is 1.78. The second-order valence-electron chi connectivity index (χ2n) is 6.42. The van der Waals surface area contributed by atoms with Gasteiger partial charge in [-0.3, -0.25) is 4.79 Å². The highest BCUT2D eigenvalue weighted by atomic mass is 35.5. The molecule has 6 heteroatoms. The van der Waals surface area contributed by atoms with Gasteiger partial charge in [0.2, 0.25) is 5.91 Å². The average Bonchev–Trinajstić information content (AvgIpc) is 3.17. The van der Waals surface area contributed by atoms with E-state index in [0.717, 1.165) is 5.56 Å². The number of oxazole rings is 1. The van der Waals surface area contributed by atoms with Crippen molar-refractivity contribution in [3.05, 3.63) is 83.3 Å².